The van der Waals surface area contributed by atoms with E-state index in [2.05, 4.69) is 10.6 Å². The van der Waals surface area contributed by atoms with Gasteiger partial charge in [0.1, 0.15) is 5.60 Å². The maximum Gasteiger partial charge on any atom is 0.412 e. The Bertz CT molecular complexity index is 769. The van der Waals surface area contributed by atoms with Gasteiger partial charge in [-0.2, -0.15) is 0 Å². The molecule has 0 unspecified atom stereocenters. The second-order valence-corrected chi connectivity index (χ2v) is 6.96. The molecule has 0 atom stereocenters. The lowest BCUT2D eigenvalue weighted by atomic mass is 10.1. The van der Waals surface area contributed by atoms with Crippen molar-refractivity contribution in [3.63, 3.8) is 0 Å². The second kappa shape index (κ2) is 8.03. The van der Waals surface area contributed by atoms with E-state index < -0.39 is 11.7 Å². The van der Waals surface area contributed by atoms with Crippen LogP contribution in [0.4, 0.5) is 10.5 Å². The SMILES string of the molecule is CC(C)(C)OC(=O)Nc1cccc(C(=O)NCc2cccc(Cl)c2)c1. The van der Waals surface area contributed by atoms with Crippen LogP contribution >= 0.6 is 11.6 Å². The van der Waals surface area contributed by atoms with Crippen LogP contribution in [0.5, 0.6) is 0 Å². The van der Waals surface area contributed by atoms with Gasteiger partial charge in [0, 0.05) is 22.8 Å². The van der Waals surface area contributed by atoms with Gasteiger partial charge in [-0.1, -0.05) is 29.8 Å². The summed E-state index contributed by atoms with van der Waals surface area (Å²) in [6.07, 6.45) is -0.566. The van der Waals surface area contributed by atoms with Gasteiger partial charge in [-0.15, -0.1) is 0 Å². The summed E-state index contributed by atoms with van der Waals surface area (Å²) in [5.41, 5.74) is 1.25. The summed E-state index contributed by atoms with van der Waals surface area (Å²) in [4.78, 5) is 24.1. The summed E-state index contributed by atoms with van der Waals surface area (Å²) < 4.78 is 5.20. The van der Waals surface area contributed by atoms with Crippen molar-refractivity contribution in [1.82, 2.24) is 5.32 Å². The lowest BCUT2D eigenvalue weighted by molar-refractivity contribution is 0.0635. The number of amides is 2. The first-order chi connectivity index (χ1) is 11.7. The smallest absolute Gasteiger partial charge is 0.412 e. The third kappa shape index (κ3) is 6.47. The highest BCUT2D eigenvalue weighted by Crippen LogP contribution is 2.14. The van der Waals surface area contributed by atoms with E-state index in [4.69, 9.17) is 16.3 Å². The highest BCUT2D eigenvalue weighted by molar-refractivity contribution is 6.30. The topological polar surface area (TPSA) is 67.4 Å². The molecule has 0 aliphatic heterocycles. The van der Waals surface area contributed by atoms with Gasteiger partial charge < -0.3 is 10.1 Å². The first kappa shape index (κ1) is 18.8. The molecule has 132 valence electrons. The van der Waals surface area contributed by atoms with E-state index in [1.54, 1.807) is 57.2 Å². The maximum absolute atomic E-state index is 12.3. The molecule has 0 bridgehead atoms. The van der Waals surface area contributed by atoms with Crippen molar-refractivity contribution in [2.75, 3.05) is 5.32 Å². The van der Waals surface area contributed by atoms with Crippen LogP contribution in [-0.2, 0) is 11.3 Å². The van der Waals surface area contributed by atoms with Crippen molar-refractivity contribution in [2.45, 2.75) is 32.9 Å². The summed E-state index contributed by atoms with van der Waals surface area (Å²) in [5.74, 6) is -0.243. The minimum atomic E-state index is -0.587. The molecule has 2 aromatic rings. The fourth-order valence-electron chi connectivity index (χ4n) is 2.09. The Morgan fingerprint density at radius 1 is 1.08 bits per heavy atom. The van der Waals surface area contributed by atoms with Crippen molar-refractivity contribution in [2.24, 2.45) is 0 Å². The average molecular weight is 361 g/mol. The number of halogens is 1. The number of anilines is 1. The molecular weight excluding hydrogens is 340 g/mol. The van der Waals surface area contributed by atoms with Crippen LogP contribution in [-0.4, -0.2) is 17.6 Å². The molecule has 0 aliphatic carbocycles. The number of carbonyl (C=O) groups is 2. The molecule has 2 rings (SSSR count). The lowest BCUT2D eigenvalue weighted by Crippen LogP contribution is -2.27. The molecule has 2 N–H and O–H groups in total. The van der Waals surface area contributed by atoms with E-state index in [0.29, 0.717) is 22.8 Å². The predicted molar refractivity (Wildman–Crippen MR) is 98.9 cm³/mol. The molecule has 0 spiro atoms. The molecule has 0 radical (unpaired) electrons. The first-order valence-corrected chi connectivity index (χ1v) is 8.23. The fourth-order valence-corrected chi connectivity index (χ4v) is 2.30. The van der Waals surface area contributed by atoms with Gasteiger partial charge >= 0.3 is 6.09 Å². The third-order valence-electron chi connectivity index (χ3n) is 3.11. The molecule has 0 aromatic heterocycles. The van der Waals surface area contributed by atoms with Crippen LogP contribution < -0.4 is 10.6 Å². The molecule has 0 fully saturated rings. The first-order valence-electron chi connectivity index (χ1n) is 7.86. The van der Waals surface area contributed by atoms with Gasteiger partial charge in [-0.3, -0.25) is 10.1 Å². The number of nitrogens with one attached hydrogen (secondary N) is 2. The number of hydrogen-bond donors (Lipinski definition) is 2. The van der Waals surface area contributed by atoms with Gasteiger partial charge in [0.25, 0.3) is 5.91 Å². The van der Waals surface area contributed by atoms with E-state index in [1.165, 1.54) is 0 Å². The van der Waals surface area contributed by atoms with Crippen LogP contribution in [0.3, 0.4) is 0 Å². The van der Waals surface area contributed by atoms with Gasteiger partial charge in [-0.05, 0) is 56.7 Å². The van der Waals surface area contributed by atoms with Gasteiger partial charge in [0.2, 0.25) is 0 Å². The monoisotopic (exact) mass is 360 g/mol. The maximum atomic E-state index is 12.3. The van der Waals surface area contributed by atoms with Crippen LogP contribution in [0.25, 0.3) is 0 Å². The molecule has 6 heteroatoms. The molecule has 5 nitrogen and oxygen atoms in total. The number of ether oxygens (including phenoxy) is 1. The lowest BCUT2D eigenvalue weighted by Gasteiger charge is -2.19. The Balaban J connectivity index is 1.97. The van der Waals surface area contributed by atoms with E-state index in [0.717, 1.165) is 5.56 Å². The van der Waals surface area contributed by atoms with Crippen molar-refractivity contribution >= 4 is 29.3 Å². The van der Waals surface area contributed by atoms with E-state index >= 15 is 0 Å². The van der Waals surface area contributed by atoms with Crippen molar-refractivity contribution in [3.05, 3.63) is 64.7 Å². The van der Waals surface area contributed by atoms with Crippen molar-refractivity contribution in [3.8, 4) is 0 Å². The van der Waals surface area contributed by atoms with E-state index in [9.17, 15) is 9.59 Å². The minimum Gasteiger partial charge on any atom is -0.444 e. The molecule has 0 saturated heterocycles. The second-order valence-electron chi connectivity index (χ2n) is 6.52. The zero-order chi connectivity index (χ0) is 18.4. The summed E-state index contributed by atoms with van der Waals surface area (Å²) in [7, 11) is 0. The molecule has 0 saturated carbocycles. The van der Waals surface area contributed by atoms with Gasteiger partial charge in [0.05, 0.1) is 0 Å². The Hall–Kier alpha value is -2.53. The molecule has 0 heterocycles. The molecular formula is C19H21ClN2O3. The van der Waals surface area contributed by atoms with Crippen LogP contribution in [0.1, 0.15) is 36.7 Å². The highest BCUT2D eigenvalue weighted by Gasteiger charge is 2.16. The standard InChI is InChI=1S/C19H21ClN2O3/c1-19(2,3)25-18(24)22-16-9-5-7-14(11-16)17(23)21-12-13-6-4-8-15(20)10-13/h4-11H,12H2,1-3H3,(H,21,23)(H,22,24). The average Bonchev–Trinajstić information content (AvgIpc) is 2.51. The summed E-state index contributed by atoms with van der Waals surface area (Å²) in [6.45, 7) is 5.72. The minimum absolute atomic E-state index is 0.243. The van der Waals surface area contributed by atoms with Crippen LogP contribution in [0.15, 0.2) is 48.5 Å². The zero-order valence-electron chi connectivity index (χ0n) is 14.4. The van der Waals surface area contributed by atoms with E-state index in [-0.39, 0.29) is 5.91 Å². The normalized spacial score (nSPS) is 10.9. The fraction of sp³-hybridized carbons (Fsp3) is 0.263. The highest BCUT2D eigenvalue weighted by atomic mass is 35.5. The van der Waals surface area contributed by atoms with Crippen LogP contribution in [0.2, 0.25) is 5.02 Å². The summed E-state index contributed by atoms with van der Waals surface area (Å²) in [6, 6.07) is 13.9. The van der Waals surface area contributed by atoms with Crippen molar-refractivity contribution in [1.29, 1.82) is 0 Å². The van der Waals surface area contributed by atoms with Gasteiger partial charge in [-0.25, -0.2) is 4.79 Å². The Morgan fingerprint density at radius 2 is 1.80 bits per heavy atom. The Kier molecular flexibility index (Phi) is 6.04. The quantitative estimate of drug-likeness (QED) is 0.836. The molecule has 2 aromatic carbocycles. The molecule has 0 aliphatic rings. The summed E-state index contributed by atoms with van der Waals surface area (Å²) in [5, 5.41) is 6.06. The molecule has 25 heavy (non-hydrogen) atoms. The number of carbonyl (C=O) groups excluding carboxylic acids is 2. The van der Waals surface area contributed by atoms with Crippen LogP contribution in [0, 0.1) is 0 Å². The Morgan fingerprint density at radius 3 is 2.48 bits per heavy atom. The van der Waals surface area contributed by atoms with Crippen molar-refractivity contribution < 1.29 is 14.3 Å². The molecule has 2 amide bonds. The van der Waals surface area contributed by atoms with E-state index in [1.807, 2.05) is 12.1 Å². The number of benzene rings is 2. The van der Waals surface area contributed by atoms with Gasteiger partial charge in [0.15, 0.2) is 0 Å². The number of rotatable bonds is 4. The Labute approximate surface area is 152 Å². The number of hydrogen-bond acceptors (Lipinski definition) is 3. The summed E-state index contributed by atoms with van der Waals surface area (Å²) >= 11 is 5.93. The zero-order valence-corrected chi connectivity index (χ0v) is 15.2. The third-order valence-corrected chi connectivity index (χ3v) is 3.35. The largest absolute Gasteiger partial charge is 0.444 e. The predicted octanol–water partition coefficient (Wildman–Crippen LogP) is 4.62.